The number of benzene rings is 1. The van der Waals surface area contributed by atoms with Crippen LogP contribution in [0.4, 0.5) is 0 Å². The van der Waals surface area contributed by atoms with Gasteiger partial charge in [-0.05, 0) is 18.2 Å². The summed E-state index contributed by atoms with van der Waals surface area (Å²) in [6.07, 6.45) is 1.35. The number of esters is 1. The first-order chi connectivity index (χ1) is 7.22. The fourth-order valence-electron chi connectivity index (χ4n) is 1.29. The Kier molecular flexibility index (Phi) is 2.64. The monoisotopic (exact) mass is 266 g/mol. The lowest BCUT2D eigenvalue weighted by Gasteiger charge is -2.02. The van der Waals surface area contributed by atoms with Gasteiger partial charge in [0, 0.05) is 9.86 Å². The number of halogens is 1. The quantitative estimate of drug-likeness (QED) is 0.743. The number of hydrogen-bond donors (Lipinski definition) is 0. The highest BCUT2D eigenvalue weighted by Gasteiger charge is 2.12. The van der Waals surface area contributed by atoms with Crippen LogP contribution in [0.25, 0.3) is 10.9 Å². The number of aromatic nitrogens is 2. The summed E-state index contributed by atoms with van der Waals surface area (Å²) in [7, 11) is 1.33. The second-order valence-electron chi connectivity index (χ2n) is 2.88. The van der Waals surface area contributed by atoms with E-state index >= 15 is 0 Å². The molecule has 0 unspecified atom stereocenters. The van der Waals surface area contributed by atoms with Crippen LogP contribution in [-0.4, -0.2) is 23.0 Å². The van der Waals surface area contributed by atoms with Gasteiger partial charge >= 0.3 is 5.97 Å². The maximum atomic E-state index is 11.4. The van der Waals surface area contributed by atoms with E-state index in [0.29, 0.717) is 10.9 Å². The minimum Gasteiger partial charge on any atom is -0.464 e. The van der Waals surface area contributed by atoms with Gasteiger partial charge in [-0.2, -0.15) is 0 Å². The molecule has 15 heavy (non-hydrogen) atoms. The molecular weight excluding hydrogens is 260 g/mol. The third-order valence-electron chi connectivity index (χ3n) is 1.98. The first kappa shape index (κ1) is 10.0. The second-order valence-corrected chi connectivity index (χ2v) is 3.79. The first-order valence-corrected chi connectivity index (χ1v) is 5.00. The van der Waals surface area contributed by atoms with Crippen molar-refractivity contribution in [3.63, 3.8) is 0 Å². The average molecular weight is 267 g/mol. The largest absolute Gasteiger partial charge is 0.464 e. The predicted octanol–water partition coefficient (Wildman–Crippen LogP) is 2.18. The minimum atomic E-state index is -0.458. The Morgan fingerprint density at radius 1 is 1.40 bits per heavy atom. The van der Waals surface area contributed by atoms with E-state index < -0.39 is 5.97 Å². The Morgan fingerprint density at radius 3 is 2.93 bits per heavy atom. The van der Waals surface area contributed by atoms with Crippen molar-refractivity contribution < 1.29 is 9.53 Å². The number of carbonyl (C=O) groups is 1. The Balaban J connectivity index is 2.74. The molecule has 0 atom stereocenters. The lowest BCUT2D eigenvalue weighted by molar-refractivity contribution is 0.0596. The van der Waals surface area contributed by atoms with Crippen LogP contribution in [0.5, 0.6) is 0 Å². The number of hydrogen-bond acceptors (Lipinski definition) is 4. The molecule has 0 radical (unpaired) electrons. The van der Waals surface area contributed by atoms with E-state index in [2.05, 4.69) is 30.6 Å². The van der Waals surface area contributed by atoms with Gasteiger partial charge in [-0.3, -0.25) is 0 Å². The number of ether oxygens (including phenoxy) is 1. The van der Waals surface area contributed by atoms with Crippen molar-refractivity contribution in [2.45, 2.75) is 0 Å². The SMILES string of the molecule is COC(=O)c1ncnc2ccc(Br)cc12. The van der Waals surface area contributed by atoms with Crippen molar-refractivity contribution in [2.24, 2.45) is 0 Å². The molecule has 0 bridgehead atoms. The zero-order valence-corrected chi connectivity index (χ0v) is 9.48. The number of methoxy groups -OCH3 is 1. The molecule has 0 aliphatic carbocycles. The fourth-order valence-corrected chi connectivity index (χ4v) is 1.65. The minimum absolute atomic E-state index is 0.281. The zero-order valence-electron chi connectivity index (χ0n) is 7.90. The molecule has 4 nitrogen and oxygen atoms in total. The van der Waals surface area contributed by atoms with E-state index in [4.69, 9.17) is 0 Å². The van der Waals surface area contributed by atoms with Crippen LogP contribution in [0.15, 0.2) is 29.0 Å². The summed E-state index contributed by atoms with van der Waals surface area (Å²) in [4.78, 5) is 19.4. The van der Waals surface area contributed by atoms with Crippen LogP contribution in [0.3, 0.4) is 0 Å². The van der Waals surface area contributed by atoms with E-state index in [1.54, 1.807) is 6.07 Å². The molecule has 0 aliphatic heterocycles. The molecule has 0 fully saturated rings. The van der Waals surface area contributed by atoms with Crippen LogP contribution in [0.1, 0.15) is 10.5 Å². The molecular formula is C10H7BrN2O2. The van der Waals surface area contributed by atoms with Crippen LogP contribution in [0, 0.1) is 0 Å². The molecule has 0 spiro atoms. The molecule has 0 saturated carbocycles. The van der Waals surface area contributed by atoms with E-state index in [0.717, 1.165) is 4.47 Å². The standard InChI is InChI=1S/C10H7BrN2O2/c1-15-10(14)9-7-4-6(11)2-3-8(7)12-5-13-9/h2-5H,1H3. The Morgan fingerprint density at radius 2 is 2.20 bits per heavy atom. The summed E-state index contributed by atoms with van der Waals surface area (Å²) in [5.41, 5.74) is 0.998. The topological polar surface area (TPSA) is 52.1 Å². The van der Waals surface area contributed by atoms with Crippen molar-refractivity contribution in [3.8, 4) is 0 Å². The summed E-state index contributed by atoms with van der Waals surface area (Å²) in [6, 6.07) is 5.46. The molecule has 0 aliphatic rings. The van der Waals surface area contributed by atoms with Crippen molar-refractivity contribution in [1.82, 2.24) is 9.97 Å². The van der Waals surface area contributed by atoms with E-state index in [9.17, 15) is 4.79 Å². The maximum Gasteiger partial charge on any atom is 0.357 e. The molecule has 2 aromatic rings. The Bertz CT molecular complexity index is 528. The average Bonchev–Trinajstić information content (AvgIpc) is 2.27. The maximum absolute atomic E-state index is 11.4. The number of carbonyl (C=O) groups excluding carboxylic acids is 1. The third kappa shape index (κ3) is 1.83. The van der Waals surface area contributed by atoms with E-state index in [1.807, 2.05) is 12.1 Å². The zero-order chi connectivity index (χ0) is 10.8. The van der Waals surface area contributed by atoms with Gasteiger partial charge in [0.1, 0.15) is 6.33 Å². The molecule has 76 valence electrons. The highest BCUT2D eigenvalue weighted by atomic mass is 79.9. The van der Waals surface area contributed by atoms with Crippen LogP contribution >= 0.6 is 15.9 Å². The molecule has 5 heteroatoms. The van der Waals surface area contributed by atoms with Gasteiger partial charge in [0.15, 0.2) is 5.69 Å². The van der Waals surface area contributed by atoms with Gasteiger partial charge in [0.2, 0.25) is 0 Å². The van der Waals surface area contributed by atoms with Crippen molar-refractivity contribution in [2.75, 3.05) is 7.11 Å². The summed E-state index contributed by atoms with van der Waals surface area (Å²) in [5, 5.41) is 0.679. The third-order valence-corrected chi connectivity index (χ3v) is 2.47. The molecule has 1 aromatic carbocycles. The smallest absolute Gasteiger partial charge is 0.357 e. The van der Waals surface area contributed by atoms with Crippen LogP contribution < -0.4 is 0 Å². The van der Waals surface area contributed by atoms with Crippen LogP contribution in [0.2, 0.25) is 0 Å². The van der Waals surface area contributed by atoms with Gasteiger partial charge in [0.25, 0.3) is 0 Å². The Hall–Kier alpha value is -1.49. The molecule has 1 heterocycles. The summed E-state index contributed by atoms with van der Waals surface area (Å²) in [5.74, 6) is -0.458. The second kappa shape index (κ2) is 3.94. The molecule has 2 rings (SSSR count). The molecule has 1 aromatic heterocycles. The van der Waals surface area contributed by atoms with Crippen molar-refractivity contribution in [3.05, 3.63) is 34.7 Å². The van der Waals surface area contributed by atoms with Gasteiger partial charge < -0.3 is 4.74 Å². The van der Waals surface area contributed by atoms with Crippen LogP contribution in [-0.2, 0) is 4.74 Å². The summed E-state index contributed by atoms with van der Waals surface area (Å²) in [6.45, 7) is 0. The number of nitrogens with zero attached hydrogens (tertiary/aromatic N) is 2. The fraction of sp³-hybridized carbons (Fsp3) is 0.100. The predicted molar refractivity (Wildman–Crippen MR) is 58.6 cm³/mol. The number of fused-ring (bicyclic) bond motifs is 1. The van der Waals surface area contributed by atoms with Gasteiger partial charge in [-0.1, -0.05) is 15.9 Å². The Labute approximate surface area is 94.4 Å². The summed E-state index contributed by atoms with van der Waals surface area (Å²) >= 11 is 3.33. The van der Waals surface area contributed by atoms with Crippen molar-refractivity contribution >= 4 is 32.8 Å². The highest BCUT2D eigenvalue weighted by Crippen LogP contribution is 2.20. The lowest BCUT2D eigenvalue weighted by atomic mass is 10.2. The van der Waals surface area contributed by atoms with Gasteiger partial charge in [-0.15, -0.1) is 0 Å². The van der Waals surface area contributed by atoms with Gasteiger partial charge in [-0.25, -0.2) is 14.8 Å². The highest BCUT2D eigenvalue weighted by molar-refractivity contribution is 9.10. The van der Waals surface area contributed by atoms with Crippen molar-refractivity contribution in [1.29, 1.82) is 0 Å². The van der Waals surface area contributed by atoms with Gasteiger partial charge in [0.05, 0.1) is 12.6 Å². The lowest BCUT2D eigenvalue weighted by Crippen LogP contribution is -2.05. The van der Waals surface area contributed by atoms with E-state index in [-0.39, 0.29) is 5.69 Å². The molecule has 0 N–H and O–H groups in total. The molecule has 0 amide bonds. The first-order valence-electron chi connectivity index (χ1n) is 4.21. The molecule has 0 saturated heterocycles. The number of rotatable bonds is 1. The summed E-state index contributed by atoms with van der Waals surface area (Å²) < 4.78 is 5.51. The van der Waals surface area contributed by atoms with E-state index in [1.165, 1.54) is 13.4 Å². The normalized spacial score (nSPS) is 10.3.